The average Bonchev–Trinajstić information content (AvgIpc) is 2.79. The Labute approximate surface area is 120 Å². The third-order valence-corrected chi connectivity index (χ3v) is 4.63. The maximum atomic E-state index is 8.90. The maximum absolute atomic E-state index is 8.90. The van der Waals surface area contributed by atoms with Crippen molar-refractivity contribution in [3.8, 4) is 6.07 Å². The van der Waals surface area contributed by atoms with Gasteiger partial charge in [-0.2, -0.15) is 5.26 Å². The number of nitrogens with one attached hydrogen (secondary N) is 1. The van der Waals surface area contributed by atoms with E-state index in [4.69, 9.17) is 16.9 Å². The molecule has 0 amide bonds. The zero-order chi connectivity index (χ0) is 13.2. The van der Waals surface area contributed by atoms with Crippen LogP contribution >= 0.6 is 22.9 Å². The second-order valence-electron chi connectivity index (χ2n) is 4.54. The van der Waals surface area contributed by atoms with Gasteiger partial charge in [0.05, 0.1) is 6.04 Å². The Morgan fingerprint density at radius 2 is 2.26 bits per heavy atom. The van der Waals surface area contributed by atoms with E-state index in [1.54, 1.807) is 0 Å². The van der Waals surface area contributed by atoms with Crippen molar-refractivity contribution in [2.75, 3.05) is 5.32 Å². The number of nitriles is 1. The van der Waals surface area contributed by atoms with E-state index in [-0.39, 0.29) is 6.04 Å². The number of halogens is 1. The number of hydrogen-bond donors (Lipinski definition) is 1. The molecule has 1 aromatic carbocycles. The smallest absolute Gasteiger partial charge is 0.185 e. The molecule has 1 N–H and O–H groups in total. The molecule has 0 bridgehead atoms. The minimum Gasteiger partial charge on any atom is -0.355 e. The van der Waals surface area contributed by atoms with Crippen molar-refractivity contribution in [1.82, 2.24) is 4.98 Å². The number of thiazole rings is 1. The second-order valence-corrected chi connectivity index (χ2v) is 5.90. The van der Waals surface area contributed by atoms with Crippen molar-refractivity contribution in [1.29, 1.82) is 5.26 Å². The number of aryl methyl sites for hydroxylation is 1. The van der Waals surface area contributed by atoms with Crippen LogP contribution in [0, 0.1) is 11.3 Å². The van der Waals surface area contributed by atoms with Crippen LogP contribution in [0.25, 0.3) is 0 Å². The number of rotatable bonds is 2. The molecule has 1 aliphatic rings. The van der Waals surface area contributed by atoms with Crippen molar-refractivity contribution in [2.24, 2.45) is 0 Å². The molecule has 0 saturated heterocycles. The lowest BCUT2D eigenvalue weighted by molar-refractivity contribution is 0.600. The van der Waals surface area contributed by atoms with Gasteiger partial charge in [0.15, 0.2) is 10.3 Å². The first-order valence-corrected chi connectivity index (χ1v) is 7.38. The molecule has 0 fully saturated rings. The van der Waals surface area contributed by atoms with Crippen LogP contribution in [0.2, 0.25) is 5.15 Å². The molecule has 0 saturated carbocycles. The topological polar surface area (TPSA) is 48.7 Å². The highest BCUT2D eigenvalue weighted by molar-refractivity contribution is 7.16. The lowest BCUT2D eigenvalue weighted by atomic mass is 9.88. The fourth-order valence-electron chi connectivity index (χ4n) is 2.49. The fourth-order valence-corrected chi connectivity index (χ4v) is 3.48. The Morgan fingerprint density at radius 3 is 3.05 bits per heavy atom. The highest BCUT2D eigenvalue weighted by atomic mass is 35.5. The summed E-state index contributed by atoms with van der Waals surface area (Å²) < 4.78 is 0. The molecule has 96 valence electrons. The van der Waals surface area contributed by atoms with Crippen LogP contribution < -0.4 is 5.32 Å². The van der Waals surface area contributed by atoms with Gasteiger partial charge in [0.2, 0.25) is 0 Å². The van der Waals surface area contributed by atoms with Gasteiger partial charge in [0.1, 0.15) is 10.9 Å². The Balaban J connectivity index is 1.86. The zero-order valence-electron chi connectivity index (χ0n) is 10.2. The standard InChI is InChI=1S/C14H12ClN3S/c15-13-12(8-16)19-14(18-13)17-11-7-3-5-9-4-1-2-6-10(9)11/h1-2,4,6,11H,3,5,7H2,(H,17,18). The lowest BCUT2D eigenvalue weighted by Crippen LogP contribution is -2.17. The number of benzene rings is 1. The summed E-state index contributed by atoms with van der Waals surface area (Å²) in [5.74, 6) is 0. The molecule has 2 aromatic rings. The Morgan fingerprint density at radius 1 is 1.42 bits per heavy atom. The Kier molecular flexibility index (Phi) is 3.41. The Bertz CT molecular complexity index is 644. The van der Waals surface area contributed by atoms with Crippen molar-refractivity contribution in [3.63, 3.8) is 0 Å². The summed E-state index contributed by atoms with van der Waals surface area (Å²) in [5.41, 5.74) is 2.73. The van der Waals surface area contributed by atoms with Crippen molar-refractivity contribution < 1.29 is 0 Å². The normalized spacial score (nSPS) is 17.6. The van der Waals surface area contributed by atoms with Gasteiger partial charge in [-0.05, 0) is 30.4 Å². The molecule has 1 aliphatic carbocycles. The molecule has 3 nitrogen and oxygen atoms in total. The van der Waals surface area contributed by atoms with Crippen LogP contribution in [0.4, 0.5) is 5.13 Å². The SMILES string of the molecule is N#Cc1sc(NC2CCCc3ccccc32)nc1Cl. The monoisotopic (exact) mass is 289 g/mol. The van der Waals surface area contributed by atoms with E-state index < -0.39 is 0 Å². The van der Waals surface area contributed by atoms with Crippen molar-refractivity contribution in [3.05, 3.63) is 45.4 Å². The second kappa shape index (κ2) is 5.20. The zero-order valence-corrected chi connectivity index (χ0v) is 11.8. The van der Waals surface area contributed by atoms with Crippen molar-refractivity contribution >= 4 is 28.1 Å². The van der Waals surface area contributed by atoms with Gasteiger partial charge in [-0.3, -0.25) is 0 Å². The first-order valence-electron chi connectivity index (χ1n) is 6.18. The Hall–Kier alpha value is -1.57. The maximum Gasteiger partial charge on any atom is 0.185 e. The predicted octanol–water partition coefficient (Wildman–Crippen LogP) is 4.16. The van der Waals surface area contributed by atoms with Gasteiger partial charge in [-0.15, -0.1) is 0 Å². The third-order valence-electron chi connectivity index (χ3n) is 3.35. The van der Waals surface area contributed by atoms with Crippen LogP contribution in [-0.4, -0.2) is 4.98 Å². The van der Waals surface area contributed by atoms with Crippen LogP contribution in [-0.2, 0) is 6.42 Å². The number of nitrogens with zero attached hydrogens (tertiary/aromatic N) is 2. The minimum absolute atomic E-state index is 0.263. The fraction of sp³-hybridized carbons (Fsp3) is 0.286. The molecule has 5 heteroatoms. The summed E-state index contributed by atoms with van der Waals surface area (Å²) in [6.07, 6.45) is 3.38. The van der Waals surface area contributed by atoms with E-state index in [1.165, 1.54) is 28.9 Å². The number of fused-ring (bicyclic) bond motifs is 1. The third kappa shape index (κ3) is 2.44. The molecule has 0 radical (unpaired) electrons. The average molecular weight is 290 g/mol. The van der Waals surface area contributed by atoms with Crippen LogP contribution in [0.5, 0.6) is 0 Å². The van der Waals surface area contributed by atoms with Gasteiger partial charge in [-0.25, -0.2) is 4.98 Å². The molecule has 0 spiro atoms. The summed E-state index contributed by atoms with van der Waals surface area (Å²) in [6.45, 7) is 0. The summed E-state index contributed by atoms with van der Waals surface area (Å²) >= 11 is 7.21. The molecule has 1 heterocycles. The molecule has 0 aliphatic heterocycles. The summed E-state index contributed by atoms with van der Waals surface area (Å²) in [7, 11) is 0. The largest absolute Gasteiger partial charge is 0.355 e. The van der Waals surface area contributed by atoms with E-state index in [2.05, 4.69) is 40.6 Å². The molecule has 1 aromatic heterocycles. The van der Waals surface area contributed by atoms with Gasteiger partial charge >= 0.3 is 0 Å². The van der Waals surface area contributed by atoms with Gasteiger partial charge in [0, 0.05) is 0 Å². The van der Waals surface area contributed by atoms with Crippen LogP contribution in [0.3, 0.4) is 0 Å². The van der Waals surface area contributed by atoms with E-state index in [9.17, 15) is 0 Å². The van der Waals surface area contributed by atoms with Crippen LogP contribution in [0.1, 0.15) is 34.9 Å². The van der Waals surface area contributed by atoms with Gasteiger partial charge in [0.25, 0.3) is 0 Å². The van der Waals surface area contributed by atoms with Gasteiger partial charge < -0.3 is 5.32 Å². The molecule has 1 unspecified atom stereocenters. The summed E-state index contributed by atoms with van der Waals surface area (Å²) in [6, 6.07) is 10.8. The first kappa shape index (κ1) is 12.5. The highest BCUT2D eigenvalue weighted by Crippen LogP contribution is 2.34. The number of anilines is 1. The van der Waals surface area contributed by atoms with Gasteiger partial charge in [-0.1, -0.05) is 47.2 Å². The van der Waals surface area contributed by atoms with E-state index in [0.29, 0.717) is 10.0 Å². The van der Waals surface area contributed by atoms with E-state index in [1.807, 2.05) is 0 Å². The molecule has 19 heavy (non-hydrogen) atoms. The number of aromatic nitrogens is 1. The summed E-state index contributed by atoms with van der Waals surface area (Å²) in [5, 5.41) is 13.3. The quantitative estimate of drug-likeness (QED) is 0.903. The van der Waals surface area contributed by atoms with Crippen LogP contribution in [0.15, 0.2) is 24.3 Å². The van der Waals surface area contributed by atoms with E-state index >= 15 is 0 Å². The molecular weight excluding hydrogens is 278 g/mol. The number of hydrogen-bond acceptors (Lipinski definition) is 4. The minimum atomic E-state index is 0.263. The highest BCUT2D eigenvalue weighted by Gasteiger charge is 2.21. The first-order chi connectivity index (χ1) is 9.28. The summed E-state index contributed by atoms with van der Waals surface area (Å²) in [4.78, 5) is 4.66. The van der Waals surface area contributed by atoms with Crippen molar-refractivity contribution in [2.45, 2.75) is 25.3 Å². The molecular formula is C14H12ClN3S. The lowest BCUT2D eigenvalue weighted by Gasteiger charge is -2.26. The van der Waals surface area contributed by atoms with E-state index in [0.717, 1.165) is 18.0 Å². The predicted molar refractivity (Wildman–Crippen MR) is 77.6 cm³/mol. The molecule has 1 atom stereocenters. The molecule has 3 rings (SSSR count).